The molecule has 0 aliphatic heterocycles. The molecular weight excluding hydrogens is 317 g/mol. The van der Waals surface area contributed by atoms with E-state index in [1.54, 1.807) is 0 Å². The molecule has 0 spiro atoms. The summed E-state index contributed by atoms with van der Waals surface area (Å²) < 4.78 is 13.4. The standard InChI is InChI=1S/C18H24BN3OS/c1-4-22(19)24(23)18-11-7-16(8-12-18)14-20-13-15-5-9-17(10-6-15)21(2)3/h5-12,20H,4,13-14H2,1-3H3. The smallest absolute Gasteiger partial charge is 0.203 e. The fourth-order valence-corrected chi connectivity index (χ4v) is 3.11. The topological polar surface area (TPSA) is 35.6 Å². The van der Waals surface area contributed by atoms with E-state index >= 15 is 0 Å². The summed E-state index contributed by atoms with van der Waals surface area (Å²) in [6.07, 6.45) is 0. The molecule has 2 aromatic rings. The second-order valence-corrected chi connectivity index (χ2v) is 7.23. The van der Waals surface area contributed by atoms with Crippen LogP contribution in [0.3, 0.4) is 0 Å². The van der Waals surface area contributed by atoms with Gasteiger partial charge in [-0.15, -0.1) is 0 Å². The van der Waals surface area contributed by atoms with Crippen LogP contribution in [0.2, 0.25) is 0 Å². The molecule has 6 heteroatoms. The Morgan fingerprint density at radius 3 is 1.92 bits per heavy atom. The molecule has 4 nitrogen and oxygen atoms in total. The fraction of sp³-hybridized carbons (Fsp3) is 0.333. The van der Waals surface area contributed by atoms with E-state index in [2.05, 4.69) is 34.5 Å². The minimum absolute atomic E-state index is 0.544. The number of nitrogens with one attached hydrogen (secondary N) is 1. The summed E-state index contributed by atoms with van der Waals surface area (Å²) in [6, 6.07) is 16.2. The summed E-state index contributed by atoms with van der Waals surface area (Å²) in [5, 5.41) is 3.42. The Morgan fingerprint density at radius 1 is 0.958 bits per heavy atom. The van der Waals surface area contributed by atoms with Crippen LogP contribution in [-0.2, 0) is 24.1 Å². The molecule has 126 valence electrons. The third-order valence-corrected chi connectivity index (χ3v) is 5.12. The van der Waals surface area contributed by atoms with Crippen LogP contribution >= 0.6 is 0 Å². The summed E-state index contributed by atoms with van der Waals surface area (Å²) in [4.78, 5) is 2.81. The Balaban J connectivity index is 1.85. The van der Waals surface area contributed by atoms with E-state index in [0.717, 1.165) is 23.5 Å². The SMILES string of the molecule is [B]N(CC)S(=O)c1ccc(CNCc2ccc(N(C)C)cc2)cc1. The molecule has 0 saturated carbocycles. The van der Waals surface area contributed by atoms with Gasteiger partial charge >= 0.3 is 0 Å². The largest absolute Gasteiger partial charge is 0.378 e. The number of anilines is 1. The Kier molecular flexibility index (Phi) is 7.03. The van der Waals surface area contributed by atoms with Crippen LogP contribution in [0, 0.1) is 0 Å². The summed E-state index contributed by atoms with van der Waals surface area (Å²) >= 11 is 0. The Hall–Kier alpha value is -1.63. The van der Waals surface area contributed by atoms with Crippen molar-refractivity contribution in [1.29, 1.82) is 0 Å². The van der Waals surface area contributed by atoms with Crippen molar-refractivity contribution in [2.45, 2.75) is 24.9 Å². The maximum Gasteiger partial charge on any atom is 0.203 e. The van der Waals surface area contributed by atoms with Gasteiger partial charge in [0.2, 0.25) is 7.98 Å². The van der Waals surface area contributed by atoms with Gasteiger partial charge in [-0.05, 0) is 41.9 Å². The molecule has 0 heterocycles. The predicted octanol–water partition coefficient (Wildman–Crippen LogP) is 2.47. The molecule has 1 atom stereocenters. The van der Waals surface area contributed by atoms with Crippen LogP contribution in [0.5, 0.6) is 0 Å². The first-order valence-corrected chi connectivity index (χ1v) is 9.12. The van der Waals surface area contributed by atoms with Crippen molar-refractivity contribution in [2.24, 2.45) is 0 Å². The highest BCUT2D eigenvalue weighted by molar-refractivity contribution is 7.83. The van der Waals surface area contributed by atoms with Crippen molar-refractivity contribution in [3.8, 4) is 0 Å². The minimum atomic E-state index is -1.29. The molecule has 0 amide bonds. The number of benzene rings is 2. The normalized spacial score (nSPS) is 12.3. The lowest BCUT2D eigenvalue weighted by Crippen LogP contribution is -2.22. The van der Waals surface area contributed by atoms with Crippen molar-refractivity contribution in [1.82, 2.24) is 9.53 Å². The zero-order valence-corrected chi connectivity index (χ0v) is 15.3. The van der Waals surface area contributed by atoms with E-state index in [1.807, 2.05) is 45.3 Å². The zero-order chi connectivity index (χ0) is 17.5. The number of hydrogen-bond donors (Lipinski definition) is 1. The average Bonchev–Trinajstić information content (AvgIpc) is 2.61. The lowest BCUT2D eigenvalue weighted by atomic mass is 10.2. The molecule has 2 radical (unpaired) electrons. The zero-order valence-electron chi connectivity index (χ0n) is 14.5. The molecule has 0 aliphatic rings. The highest BCUT2D eigenvalue weighted by Gasteiger charge is 2.07. The van der Waals surface area contributed by atoms with Crippen LogP contribution in [-0.4, -0.2) is 37.0 Å². The predicted molar refractivity (Wildman–Crippen MR) is 102 cm³/mol. The lowest BCUT2D eigenvalue weighted by molar-refractivity contribution is 0.633. The van der Waals surface area contributed by atoms with Gasteiger partial charge in [0.25, 0.3) is 0 Å². The van der Waals surface area contributed by atoms with E-state index in [1.165, 1.54) is 15.5 Å². The van der Waals surface area contributed by atoms with Gasteiger partial charge < -0.3 is 10.2 Å². The highest BCUT2D eigenvalue weighted by Crippen LogP contribution is 2.13. The molecule has 1 unspecified atom stereocenters. The van der Waals surface area contributed by atoms with Crippen molar-refractivity contribution in [2.75, 3.05) is 25.5 Å². The van der Waals surface area contributed by atoms with Gasteiger partial charge in [0.05, 0.1) is 4.90 Å². The van der Waals surface area contributed by atoms with Gasteiger partial charge in [-0.2, -0.15) is 0 Å². The van der Waals surface area contributed by atoms with Crippen LogP contribution in [0.15, 0.2) is 53.4 Å². The molecule has 0 saturated heterocycles. The fourth-order valence-electron chi connectivity index (χ4n) is 2.24. The number of nitrogens with zero attached hydrogens (tertiary/aromatic N) is 2. The van der Waals surface area contributed by atoms with Crippen LogP contribution in [0.1, 0.15) is 18.1 Å². The van der Waals surface area contributed by atoms with Crippen molar-refractivity contribution in [3.63, 3.8) is 0 Å². The average molecular weight is 341 g/mol. The van der Waals surface area contributed by atoms with Gasteiger partial charge in [0, 0.05) is 32.9 Å². The number of rotatable bonds is 8. The van der Waals surface area contributed by atoms with E-state index in [0.29, 0.717) is 6.54 Å². The van der Waals surface area contributed by atoms with Crippen molar-refractivity contribution >= 4 is 24.7 Å². The Bertz CT molecular complexity index is 659. The van der Waals surface area contributed by atoms with Gasteiger partial charge in [0.1, 0.15) is 11.0 Å². The third kappa shape index (κ3) is 5.19. The maximum atomic E-state index is 12.1. The summed E-state index contributed by atoms with van der Waals surface area (Å²) in [7, 11) is 8.46. The first-order valence-electron chi connectivity index (χ1n) is 8.01. The van der Waals surface area contributed by atoms with E-state index in [-0.39, 0.29) is 0 Å². The highest BCUT2D eigenvalue weighted by atomic mass is 32.2. The second-order valence-electron chi connectivity index (χ2n) is 5.79. The van der Waals surface area contributed by atoms with Crippen LogP contribution in [0.4, 0.5) is 5.69 Å². The van der Waals surface area contributed by atoms with Gasteiger partial charge in [0.15, 0.2) is 0 Å². The maximum absolute atomic E-state index is 12.1. The molecule has 1 N–H and O–H groups in total. The van der Waals surface area contributed by atoms with Crippen molar-refractivity contribution < 1.29 is 4.21 Å². The number of hydrogen-bond acceptors (Lipinski definition) is 3. The molecular formula is C18H24BN3OS. The monoisotopic (exact) mass is 341 g/mol. The quantitative estimate of drug-likeness (QED) is 0.750. The van der Waals surface area contributed by atoms with Crippen LogP contribution < -0.4 is 10.2 Å². The van der Waals surface area contributed by atoms with Gasteiger partial charge in [-0.1, -0.05) is 31.2 Å². The molecule has 24 heavy (non-hydrogen) atoms. The molecule has 0 aliphatic carbocycles. The second kappa shape index (κ2) is 9.01. The lowest BCUT2D eigenvalue weighted by Gasteiger charge is -2.14. The Morgan fingerprint density at radius 2 is 1.46 bits per heavy atom. The van der Waals surface area contributed by atoms with Crippen molar-refractivity contribution in [3.05, 3.63) is 59.7 Å². The molecule has 2 rings (SSSR count). The molecule has 0 fully saturated rings. The van der Waals surface area contributed by atoms with E-state index in [4.69, 9.17) is 7.98 Å². The summed E-state index contributed by atoms with van der Waals surface area (Å²) in [5.41, 5.74) is 3.60. The van der Waals surface area contributed by atoms with Gasteiger partial charge in [-0.25, -0.2) is 4.21 Å². The molecule has 0 aromatic heterocycles. The first kappa shape index (κ1) is 18.7. The van der Waals surface area contributed by atoms with Crippen LogP contribution in [0.25, 0.3) is 0 Å². The molecule has 2 aromatic carbocycles. The van der Waals surface area contributed by atoms with E-state index < -0.39 is 11.0 Å². The summed E-state index contributed by atoms with van der Waals surface area (Å²) in [6.45, 7) is 4.00. The van der Waals surface area contributed by atoms with E-state index in [9.17, 15) is 4.21 Å². The summed E-state index contributed by atoms with van der Waals surface area (Å²) in [5.74, 6) is 0. The molecule has 0 bridgehead atoms. The third-order valence-electron chi connectivity index (χ3n) is 3.76. The minimum Gasteiger partial charge on any atom is -0.378 e. The Labute approximate surface area is 148 Å². The van der Waals surface area contributed by atoms with Gasteiger partial charge in [-0.3, -0.25) is 4.22 Å². The first-order chi connectivity index (χ1) is 11.5.